The third kappa shape index (κ3) is 24.4. The number of nitrogen functional groups attached to an aromatic ring is 2. The van der Waals surface area contributed by atoms with Crippen LogP contribution < -0.4 is 52.5 Å². The number of amides is 4. The van der Waals surface area contributed by atoms with Gasteiger partial charge in [0.2, 0.25) is 0 Å². The SMILES string of the molecule is CNC(=O)c1cc(Cl)ccn1.CNC(=O)c1cc(Oc2cccc(N)c2)ccn1.CNC(=O)c1cc(Oc2cccc(NN)c2)ccn1.CNC(=O)c1cc(Oc2cccc([N+](=O)[O-])c2)ccn1.O=[N+]([O-])c1cccc(O)c1.[Cl][Sn][Cl]. The van der Waals surface area contributed by atoms with Gasteiger partial charge in [-0.3, -0.25) is 65.2 Å². The van der Waals surface area contributed by atoms with E-state index in [1.807, 2.05) is 12.1 Å². The quantitative estimate of drug-likeness (QED) is 0.0175. The van der Waals surface area contributed by atoms with Gasteiger partial charge in [-0.25, -0.2) is 0 Å². The molecule has 10 N–H and O–H groups in total. The van der Waals surface area contributed by atoms with Gasteiger partial charge in [-0.15, -0.1) is 0 Å². The molecule has 0 aliphatic carbocycles. The van der Waals surface area contributed by atoms with Crippen LogP contribution in [0.25, 0.3) is 0 Å². The molecule has 4 heterocycles. The number of ether oxygens (including phenoxy) is 3. The number of benzene rings is 4. The molecule has 420 valence electrons. The number of nitrogens with two attached hydrogens (primary N) is 2. The molecule has 25 nitrogen and oxygen atoms in total. The van der Waals surface area contributed by atoms with Gasteiger partial charge in [0, 0.05) is 106 Å². The first kappa shape index (κ1) is 65.9. The third-order valence-electron chi connectivity index (χ3n) is 9.39. The summed E-state index contributed by atoms with van der Waals surface area (Å²) in [7, 11) is 16.0. The van der Waals surface area contributed by atoms with Gasteiger partial charge in [-0.2, -0.15) is 0 Å². The second-order valence-electron chi connectivity index (χ2n) is 15.0. The van der Waals surface area contributed by atoms with Crippen LogP contribution in [0.1, 0.15) is 42.0 Å². The van der Waals surface area contributed by atoms with E-state index < -0.39 is 28.7 Å². The first-order chi connectivity index (χ1) is 38.9. The van der Waals surface area contributed by atoms with Gasteiger partial charge in [0.05, 0.1) is 27.7 Å². The molecule has 29 heteroatoms. The van der Waals surface area contributed by atoms with E-state index in [1.54, 1.807) is 100 Å². The normalized spacial score (nSPS) is 9.53. The minimum atomic E-state index is -0.826. The number of carbonyl (C=O) groups is 4. The van der Waals surface area contributed by atoms with Gasteiger partial charge in [-0.05, 0) is 66.7 Å². The number of nitrogens with zero attached hydrogens (tertiary/aromatic N) is 6. The van der Waals surface area contributed by atoms with Crippen LogP contribution in [0, 0.1) is 20.2 Å². The molecule has 0 fully saturated rings. The molecule has 2 radical (unpaired) electrons. The number of nitro benzene ring substituents is 2. The number of hydrazine groups is 1. The van der Waals surface area contributed by atoms with Crippen molar-refractivity contribution in [1.82, 2.24) is 41.2 Å². The standard InChI is InChI=1S/C13H14N4O2.C13H11N3O4.C13H13N3O2.C7H7ClN2O.C6H5NO3.2ClH.Sn/c1-15-13(18)12-8-11(5-6-16-12)19-10-4-2-3-9(7-10)17-14;1-14-13(17)12-8-11(5-6-15-12)20-10-4-2-3-9(7-10)16(18)19;1-15-13(17)12-8-11(5-6-16-12)18-10-4-2-3-9(14)7-10;1-9-7(11)6-4-5(8)2-3-10-6;8-6-3-1-2-5(4-6)7(9)10;;;/h2-8,17H,14H2,1H3,(H,15,18);2-8H,1H3,(H,14,17);2-8H,14H2,1H3,(H,15,17);2-4H,1H3,(H,9,11);1-4,8H;2*1H;/q;;;;;;;+2/p-2. The number of rotatable bonds is 13. The Labute approximate surface area is 485 Å². The van der Waals surface area contributed by atoms with Crippen molar-refractivity contribution in [2.24, 2.45) is 5.84 Å². The fourth-order valence-electron chi connectivity index (χ4n) is 5.74. The number of pyridine rings is 4. The Balaban J connectivity index is 0.000000268. The van der Waals surface area contributed by atoms with E-state index in [9.17, 15) is 39.4 Å². The predicted molar refractivity (Wildman–Crippen MR) is 306 cm³/mol. The Morgan fingerprint density at radius 3 is 1.22 bits per heavy atom. The van der Waals surface area contributed by atoms with E-state index in [0.29, 0.717) is 62.3 Å². The van der Waals surface area contributed by atoms with E-state index in [1.165, 1.54) is 80.4 Å². The van der Waals surface area contributed by atoms with Crippen LogP contribution in [0.2, 0.25) is 5.02 Å². The van der Waals surface area contributed by atoms with E-state index in [4.69, 9.17) is 60.3 Å². The zero-order valence-corrected chi connectivity index (χ0v) is 48.2. The average molecular weight is 1270 g/mol. The molecule has 0 saturated carbocycles. The first-order valence-corrected chi connectivity index (χ1v) is 30.5. The van der Waals surface area contributed by atoms with Crippen LogP contribution >= 0.6 is 29.4 Å². The molecule has 81 heavy (non-hydrogen) atoms. The van der Waals surface area contributed by atoms with Crippen LogP contribution in [0.3, 0.4) is 0 Å². The monoisotopic (exact) mass is 1270 g/mol. The summed E-state index contributed by atoms with van der Waals surface area (Å²) in [5.41, 5.74) is 10.5. The zero-order chi connectivity index (χ0) is 59.7. The molecule has 0 aliphatic heterocycles. The number of phenolic OH excluding ortho intramolecular Hbond substituents is 1. The van der Waals surface area contributed by atoms with E-state index in [2.05, 4.69) is 46.6 Å². The van der Waals surface area contributed by atoms with Gasteiger partial charge in [0.15, 0.2) is 0 Å². The van der Waals surface area contributed by atoms with Crippen molar-refractivity contribution >= 4 is 94.7 Å². The number of phenols is 1. The zero-order valence-electron chi connectivity index (χ0n) is 43.1. The number of carbonyl (C=O) groups excluding carboxylic acids is 4. The van der Waals surface area contributed by atoms with Gasteiger partial charge >= 0.3 is 36.7 Å². The van der Waals surface area contributed by atoms with Crippen molar-refractivity contribution in [2.45, 2.75) is 0 Å². The summed E-state index contributed by atoms with van der Waals surface area (Å²) in [5, 5.41) is 39.9. The maximum atomic E-state index is 11.5. The van der Waals surface area contributed by atoms with Gasteiger partial charge < -0.3 is 51.7 Å². The molecule has 0 aliphatic rings. The minimum absolute atomic E-state index is 0.0666. The molecule has 8 aromatic rings. The number of hydrogen-bond acceptors (Lipinski definition) is 19. The van der Waals surface area contributed by atoms with Gasteiger partial charge in [0.1, 0.15) is 63.0 Å². The Morgan fingerprint density at radius 2 is 0.852 bits per heavy atom. The molecular formula is C52H50Cl3N13O12Sn. The molecular weight excluding hydrogens is 1220 g/mol. The van der Waals surface area contributed by atoms with Crippen LogP contribution in [0.15, 0.2) is 170 Å². The van der Waals surface area contributed by atoms with E-state index in [0.717, 1.165) is 11.8 Å². The Bertz CT molecular complexity index is 3370. The molecule has 0 bridgehead atoms. The van der Waals surface area contributed by atoms with Crippen molar-refractivity contribution in [3.05, 3.63) is 218 Å². The molecule has 4 aromatic carbocycles. The number of aromatic hydroxyl groups is 1. The summed E-state index contributed by atoms with van der Waals surface area (Å²) in [6.07, 6.45) is 5.96. The first-order valence-electron chi connectivity index (χ1n) is 22.8. The number of anilines is 2. The summed E-state index contributed by atoms with van der Waals surface area (Å²) in [6.45, 7) is 0. The molecule has 0 saturated heterocycles. The molecule has 0 unspecified atom stereocenters. The third-order valence-corrected chi connectivity index (χ3v) is 9.62. The topological polar surface area (TPSA) is 366 Å². The Kier molecular flexibility index (Phi) is 29.2. The number of nitro groups is 2. The molecule has 8 rings (SSSR count). The summed E-state index contributed by atoms with van der Waals surface area (Å²) in [4.78, 5) is 80.5. The summed E-state index contributed by atoms with van der Waals surface area (Å²) in [6, 6.07) is 37.9. The van der Waals surface area contributed by atoms with Crippen LogP contribution in [-0.4, -0.2) is 106 Å². The van der Waals surface area contributed by atoms with Crippen LogP contribution in [0.4, 0.5) is 22.7 Å². The van der Waals surface area contributed by atoms with Crippen molar-refractivity contribution in [1.29, 1.82) is 0 Å². The average Bonchev–Trinajstić information content (AvgIpc) is 3.48. The second kappa shape index (κ2) is 35.9. The maximum absolute atomic E-state index is 11.5. The fraction of sp³-hybridized carbons (Fsp3) is 0.0769. The Morgan fingerprint density at radius 1 is 0.506 bits per heavy atom. The summed E-state index contributed by atoms with van der Waals surface area (Å²) < 4.78 is 16.7. The molecule has 0 atom stereocenters. The van der Waals surface area contributed by atoms with Crippen LogP contribution in [0.5, 0.6) is 40.2 Å². The number of halogens is 3. The van der Waals surface area contributed by atoms with E-state index >= 15 is 0 Å². The molecule has 0 spiro atoms. The molecule has 4 aromatic heterocycles. The van der Waals surface area contributed by atoms with E-state index in [-0.39, 0.29) is 46.4 Å². The predicted octanol–water partition coefficient (Wildman–Crippen LogP) is 8.87. The summed E-state index contributed by atoms with van der Waals surface area (Å²) in [5.74, 6) is 7.14. The van der Waals surface area contributed by atoms with Crippen molar-refractivity contribution in [3.8, 4) is 40.2 Å². The number of non-ortho nitro benzene ring substituents is 2. The Hall–Kier alpha value is -9.41. The number of hydrogen-bond donors (Lipinski definition) is 8. The second-order valence-corrected chi connectivity index (χ2v) is 19.6. The van der Waals surface area contributed by atoms with Gasteiger partial charge in [0.25, 0.3) is 35.0 Å². The summed E-state index contributed by atoms with van der Waals surface area (Å²) >= 11 is 4.80. The van der Waals surface area contributed by atoms with Gasteiger partial charge in [-0.1, -0.05) is 35.9 Å². The molecule has 4 amide bonds. The van der Waals surface area contributed by atoms with Crippen molar-refractivity contribution in [2.75, 3.05) is 39.4 Å². The van der Waals surface area contributed by atoms with Crippen LogP contribution in [-0.2, 0) is 0 Å². The fourth-order valence-corrected chi connectivity index (χ4v) is 5.90. The van der Waals surface area contributed by atoms with Crippen molar-refractivity contribution < 1.29 is 48.3 Å². The number of nitrogens with one attached hydrogen (secondary N) is 5. The number of aromatic nitrogens is 4. The van der Waals surface area contributed by atoms with Crippen molar-refractivity contribution in [3.63, 3.8) is 0 Å².